The van der Waals surface area contributed by atoms with Gasteiger partial charge < -0.3 is 4.74 Å². The van der Waals surface area contributed by atoms with Gasteiger partial charge in [0, 0.05) is 22.7 Å². The number of fused-ring (bicyclic) bond motifs is 4. The highest BCUT2D eigenvalue weighted by Gasteiger charge is 2.24. The normalized spacial score (nSPS) is 13.7. The Balaban J connectivity index is 1.95. The van der Waals surface area contributed by atoms with Crippen molar-refractivity contribution in [1.29, 1.82) is 0 Å². The molecule has 0 unspecified atom stereocenters. The molecule has 4 aromatic rings. The quantitative estimate of drug-likeness (QED) is 0.443. The molecule has 142 valence electrons. The van der Waals surface area contributed by atoms with Crippen LogP contribution >= 0.6 is 0 Å². The third kappa shape index (κ3) is 2.37. The van der Waals surface area contributed by atoms with E-state index in [2.05, 4.69) is 33.0 Å². The lowest BCUT2D eigenvalue weighted by atomic mass is 9.87. The van der Waals surface area contributed by atoms with Crippen LogP contribution in [0, 0.1) is 19.7 Å². The number of ether oxygens (including phenoxy) is 1. The number of pyridine rings is 1. The van der Waals surface area contributed by atoms with E-state index in [1.165, 1.54) is 11.1 Å². The van der Waals surface area contributed by atoms with Crippen LogP contribution < -0.4 is 4.74 Å². The van der Waals surface area contributed by atoms with Crippen molar-refractivity contribution in [3.05, 3.63) is 64.6 Å². The molecule has 0 amide bonds. The molecule has 0 saturated heterocycles. The summed E-state index contributed by atoms with van der Waals surface area (Å²) in [6.45, 7) is 6.96. The fourth-order valence-electron chi connectivity index (χ4n) is 4.66. The molecule has 0 aliphatic carbocycles. The van der Waals surface area contributed by atoms with E-state index in [9.17, 15) is 0 Å². The van der Waals surface area contributed by atoms with Crippen LogP contribution in [0.15, 0.2) is 36.5 Å². The van der Waals surface area contributed by atoms with E-state index in [-0.39, 0.29) is 5.82 Å². The molecule has 2 aromatic carbocycles. The van der Waals surface area contributed by atoms with Crippen molar-refractivity contribution in [3.8, 4) is 16.9 Å². The molecular weight excluding hydrogens is 351 g/mol. The molecule has 0 radical (unpaired) electrons. The van der Waals surface area contributed by atoms with E-state index in [0.29, 0.717) is 12.4 Å². The average molecular weight is 374 g/mol. The van der Waals surface area contributed by atoms with E-state index in [0.717, 1.165) is 57.9 Å². The maximum atomic E-state index is 15.0. The minimum absolute atomic E-state index is 0.263. The Bertz CT molecular complexity index is 1240. The smallest absolute Gasteiger partial charge is 0.165 e. The van der Waals surface area contributed by atoms with Crippen molar-refractivity contribution in [3.63, 3.8) is 0 Å². The van der Waals surface area contributed by atoms with Gasteiger partial charge in [0.25, 0.3) is 0 Å². The van der Waals surface area contributed by atoms with Crippen molar-refractivity contribution >= 4 is 16.4 Å². The Morgan fingerprint density at radius 1 is 1.21 bits per heavy atom. The van der Waals surface area contributed by atoms with Gasteiger partial charge in [-0.2, -0.15) is 5.10 Å². The second-order valence-corrected chi connectivity index (χ2v) is 7.62. The first-order valence-corrected chi connectivity index (χ1v) is 9.94. The first-order chi connectivity index (χ1) is 13.6. The minimum Gasteiger partial charge on any atom is -0.490 e. The number of hydrogen-bond donors (Lipinski definition) is 0. The highest BCUT2D eigenvalue weighted by Crippen LogP contribution is 2.42. The van der Waals surface area contributed by atoms with Gasteiger partial charge in [-0.1, -0.05) is 25.1 Å². The number of aryl methyl sites for hydroxylation is 1. The fourth-order valence-corrected chi connectivity index (χ4v) is 4.66. The van der Waals surface area contributed by atoms with Crippen molar-refractivity contribution in [1.82, 2.24) is 9.61 Å². The summed E-state index contributed by atoms with van der Waals surface area (Å²) >= 11 is 0. The molecule has 1 aliphatic heterocycles. The van der Waals surface area contributed by atoms with Crippen molar-refractivity contribution in [2.45, 2.75) is 40.0 Å². The van der Waals surface area contributed by atoms with Crippen LogP contribution in [0.1, 0.15) is 35.6 Å². The average Bonchev–Trinajstić information content (AvgIpc) is 3.07. The first-order valence-electron chi connectivity index (χ1n) is 9.94. The standard InChI is InChI=1S/C24H23FN2O/c1-4-16-14(2)13-27-23(18-8-5-6-10-21(18)26-27)22(16)19-12-20(25)24-17(15(19)3)9-7-11-28-24/h5-6,8,10,12-13H,4,7,9,11H2,1-3H3. The Morgan fingerprint density at radius 3 is 2.86 bits per heavy atom. The molecule has 5 rings (SSSR count). The molecule has 0 spiro atoms. The summed E-state index contributed by atoms with van der Waals surface area (Å²) in [5.41, 5.74) is 8.60. The molecule has 3 nitrogen and oxygen atoms in total. The van der Waals surface area contributed by atoms with E-state index < -0.39 is 0 Å². The van der Waals surface area contributed by atoms with Gasteiger partial charge in [-0.25, -0.2) is 8.91 Å². The summed E-state index contributed by atoms with van der Waals surface area (Å²) in [7, 11) is 0. The number of rotatable bonds is 2. The third-order valence-corrected chi connectivity index (χ3v) is 5.99. The van der Waals surface area contributed by atoms with Gasteiger partial charge in [-0.05, 0) is 67.5 Å². The Kier molecular flexibility index (Phi) is 3.90. The van der Waals surface area contributed by atoms with Crippen molar-refractivity contribution < 1.29 is 9.13 Å². The van der Waals surface area contributed by atoms with Gasteiger partial charge in [0.05, 0.1) is 17.6 Å². The maximum absolute atomic E-state index is 15.0. The molecule has 0 N–H and O–H groups in total. The van der Waals surface area contributed by atoms with Gasteiger partial charge in [0.1, 0.15) is 0 Å². The van der Waals surface area contributed by atoms with Crippen molar-refractivity contribution in [2.24, 2.45) is 0 Å². The van der Waals surface area contributed by atoms with Gasteiger partial charge in [-0.15, -0.1) is 0 Å². The third-order valence-electron chi connectivity index (χ3n) is 5.99. The highest BCUT2D eigenvalue weighted by molar-refractivity contribution is 6.04. The monoisotopic (exact) mass is 374 g/mol. The van der Waals surface area contributed by atoms with Gasteiger partial charge in [0.15, 0.2) is 11.6 Å². The van der Waals surface area contributed by atoms with Gasteiger partial charge in [0.2, 0.25) is 0 Å². The van der Waals surface area contributed by atoms with E-state index in [4.69, 9.17) is 9.84 Å². The zero-order valence-electron chi connectivity index (χ0n) is 16.5. The van der Waals surface area contributed by atoms with Gasteiger partial charge in [-0.3, -0.25) is 0 Å². The van der Waals surface area contributed by atoms with Gasteiger partial charge >= 0.3 is 0 Å². The number of aromatic nitrogens is 2. The molecule has 3 heterocycles. The highest BCUT2D eigenvalue weighted by atomic mass is 19.1. The van der Waals surface area contributed by atoms with Crippen LogP contribution in [-0.4, -0.2) is 16.2 Å². The second-order valence-electron chi connectivity index (χ2n) is 7.62. The van der Waals surface area contributed by atoms with Crippen LogP contribution in [-0.2, 0) is 12.8 Å². The summed E-state index contributed by atoms with van der Waals surface area (Å²) in [5.74, 6) is 0.174. The molecule has 0 atom stereocenters. The van der Waals surface area contributed by atoms with Crippen LogP contribution in [0.25, 0.3) is 27.5 Å². The molecule has 1 aliphatic rings. The number of hydrogen-bond acceptors (Lipinski definition) is 2. The largest absolute Gasteiger partial charge is 0.490 e. The molecule has 0 fully saturated rings. The molecule has 28 heavy (non-hydrogen) atoms. The van der Waals surface area contributed by atoms with Crippen LogP contribution in [0.5, 0.6) is 5.75 Å². The first kappa shape index (κ1) is 17.2. The zero-order chi connectivity index (χ0) is 19.4. The van der Waals surface area contributed by atoms with Crippen molar-refractivity contribution in [2.75, 3.05) is 6.61 Å². The second kappa shape index (κ2) is 6.33. The van der Waals surface area contributed by atoms with Crippen LogP contribution in [0.3, 0.4) is 0 Å². The Labute approximate surface area is 163 Å². The lowest BCUT2D eigenvalue weighted by Gasteiger charge is -2.23. The summed E-state index contributed by atoms with van der Waals surface area (Å²) in [6, 6.07) is 9.83. The summed E-state index contributed by atoms with van der Waals surface area (Å²) in [4.78, 5) is 0. The predicted molar refractivity (Wildman–Crippen MR) is 111 cm³/mol. The van der Waals surface area contributed by atoms with E-state index in [1.54, 1.807) is 6.07 Å². The Hall–Kier alpha value is -2.88. The topological polar surface area (TPSA) is 26.5 Å². The SMILES string of the molecule is CCc1c(C)cn2nc3ccccc3c2c1-c1cc(F)c2c(c1C)CCCO2. The molecular formula is C24H23FN2O. The molecule has 4 heteroatoms. The molecule has 0 saturated carbocycles. The molecule has 0 bridgehead atoms. The number of nitrogens with zero attached hydrogens (tertiary/aromatic N) is 2. The lowest BCUT2D eigenvalue weighted by Crippen LogP contribution is -2.12. The predicted octanol–water partition coefficient (Wildman–Crippen LogP) is 5.80. The van der Waals surface area contributed by atoms with Crippen LogP contribution in [0.2, 0.25) is 0 Å². The van der Waals surface area contributed by atoms with E-state index >= 15 is 4.39 Å². The maximum Gasteiger partial charge on any atom is 0.165 e. The Morgan fingerprint density at radius 2 is 2.04 bits per heavy atom. The van der Waals surface area contributed by atoms with Crippen LogP contribution in [0.4, 0.5) is 4.39 Å². The number of halogens is 1. The number of benzene rings is 2. The summed E-state index contributed by atoms with van der Waals surface area (Å²) < 4.78 is 22.6. The fraction of sp³-hybridized carbons (Fsp3) is 0.292. The summed E-state index contributed by atoms with van der Waals surface area (Å²) in [6.07, 6.45) is 4.75. The lowest BCUT2D eigenvalue weighted by molar-refractivity contribution is 0.273. The molecule has 2 aromatic heterocycles. The van der Waals surface area contributed by atoms with E-state index in [1.807, 2.05) is 22.7 Å². The summed E-state index contributed by atoms with van der Waals surface area (Å²) in [5, 5.41) is 5.87. The minimum atomic E-state index is -0.263. The zero-order valence-corrected chi connectivity index (χ0v) is 16.5.